The third-order valence-corrected chi connectivity index (χ3v) is 6.63. The third kappa shape index (κ3) is 5.95. The van der Waals surface area contributed by atoms with E-state index in [-0.39, 0.29) is 15.7 Å². The van der Waals surface area contributed by atoms with Crippen LogP contribution in [-0.4, -0.2) is 45.8 Å². The average molecular weight is 437 g/mol. The van der Waals surface area contributed by atoms with Gasteiger partial charge in [-0.25, -0.2) is 0 Å². The number of hydrogen-bond acceptors (Lipinski definition) is 6. The largest absolute Gasteiger partial charge is 0.493 e. The van der Waals surface area contributed by atoms with Crippen molar-refractivity contribution in [2.75, 3.05) is 26.2 Å². The van der Waals surface area contributed by atoms with Crippen LogP contribution < -0.4 is 8.92 Å². The van der Waals surface area contributed by atoms with Gasteiger partial charge in [0.25, 0.3) is 0 Å². The van der Waals surface area contributed by atoms with Crippen LogP contribution in [0, 0.1) is 18.3 Å². The summed E-state index contributed by atoms with van der Waals surface area (Å²) in [5.74, 6) is 1.21. The van der Waals surface area contributed by atoms with E-state index < -0.39 is 10.1 Å². The highest BCUT2D eigenvalue weighted by Gasteiger charge is 2.21. The number of nitrogens with one attached hydrogen (secondary N) is 1. The Morgan fingerprint density at radius 1 is 1.17 bits per heavy atom. The fraction of sp³-hybridized carbons (Fsp3) is 0.381. The first-order valence-corrected chi connectivity index (χ1v) is 11.3. The molecule has 1 saturated heterocycles. The van der Waals surface area contributed by atoms with Crippen molar-refractivity contribution < 1.29 is 17.3 Å². The molecule has 0 unspecified atom stereocenters. The van der Waals surface area contributed by atoms with Crippen LogP contribution in [0.5, 0.6) is 11.5 Å². The van der Waals surface area contributed by atoms with Gasteiger partial charge in [-0.05, 0) is 68.6 Å². The molecular weight excluding hydrogens is 412 g/mol. The van der Waals surface area contributed by atoms with E-state index in [2.05, 4.69) is 4.90 Å². The van der Waals surface area contributed by atoms with Crippen molar-refractivity contribution in [2.24, 2.45) is 5.92 Å². The fourth-order valence-electron chi connectivity index (χ4n) is 3.34. The van der Waals surface area contributed by atoms with E-state index in [9.17, 15) is 8.42 Å². The molecule has 29 heavy (non-hydrogen) atoms. The van der Waals surface area contributed by atoms with Gasteiger partial charge < -0.3 is 14.3 Å². The lowest BCUT2D eigenvalue weighted by Crippen LogP contribution is -2.36. The molecule has 1 aliphatic rings. The van der Waals surface area contributed by atoms with E-state index in [1.165, 1.54) is 18.3 Å². The highest BCUT2D eigenvalue weighted by atomic mass is 35.5. The number of benzene rings is 2. The second-order valence-corrected chi connectivity index (χ2v) is 9.13. The molecule has 156 valence electrons. The van der Waals surface area contributed by atoms with E-state index in [1.807, 2.05) is 13.0 Å². The summed E-state index contributed by atoms with van der Waals surface area (Å²) in [6, 6.07) is 11.3. The van der Waals surface area contributed by atoms with Gasteiger partial charge in [-0.3, -0.25) is 4.90 Å². The van der Waals surface area contributed by atoms with Crippen LogP contribution in [0.1, 0.15) is 18.4 Å². The van der Waals surface area contributed by atoms with Crippen molar-refractivity contribution in [3.8, 4) is 11.5 Å². The van der Waals surface area contributed by atoms with Gasteiger partial charge in [-0.15, -0.1) is 0 Å². The quantitative estimate of drug-likeness (QED) is 0.496. The molecular formula is C21H25ClN2O4S. The topological polar surface area (TPSA) is 79.7 Å². The molecule has 1 heterocycles. The molecule has 1 fully saturated rings. The minimum atomic E-state index is -4.04. The fourth-order valence-corrected chi connectivity index (χ4v) is 4.75. The Hall–Kier alpha value is -2.09. The molecule has 0 bridgehead atoms. The summed E-state index contributed by atoms with van der Waals surface area (Å²) in [4.78, 5) is 2.18. The van der Waals surface area contributed by atoms with Crippen molar-refractivity contribution in [1.29, 1.82) is 5.41 Å². The van der Waals surface area contributed by atoms with E-state index >= 15 is 0 Å². The van der Waals surface area contributed by atoms with Crippen LogP contribution in [0.3, 0.4) is 0 Å². The summed E-state index contributed by atoms with van der Waals surface area (Å²) in [5, 5.41) is 7.31. The minimum Gasteiger partial charge on any atom is -0.493 e. The van der Waals surface area contributed by atoms with Gasteiger partial charge >= 0.3 is 10.1 Å². The first-order chi connectivity index (χ1) is 13.9. The Morgan fingerprint density at radius 2 is 1.86 bits per heavy atom. The maximum Gasteiger partial charge on any atom is 0.340 e. The van der Waals surface area contributed by atoms with Gasteiger partial charge in [0.15, 0.2) is 0 Å². The van der Waals surface area contributed by atoms with Crippen LogP contribution in [-0.2, 0) is 10.1 Å². The average Bonchev–Trinajstić information content (AvgIpc) is 2.67. The van der Waals surface area contributed by atoms with Crippen molar-refractivity contribution in [1.82, 2.24) is 4.90 Å². The highest BCUT2D eigenvalue weighted by molar-refractivity contribution is 7.87. The van der Waals surface area contributed by atoms with Crippen molar-refractivity contribution in [3.05, 3.63) is 53.1 Å². The molecule has 8 heteroatoms. The summed E-state index contributed by atoms with van der Waals surface area (Å²) < 4.78 is 36.4. The normalized spacial score (nSPS) is 15.8. The van der Waals surface area contributed by atoms with E-state index in [0.29, 0.717) is 24.8 Å². The standard InChI is InChI=1S/C21H25ClN2O4S/c1-16-12-18(27-15-17-6-9-24(10-7-17)11-8-23)14-19(13-16)28-29(25,26)21-5-3-2-4-20(21)22/h2-5,8,12-14,17,23H,6-7,9-11,15H2,1H3. The first-order valence-electron chi connectivity index (χ1n) is 9.52. The number of hydrogen-bond donors (Lipinski definition) is 1. The molecule has 0 amide bonds. The predicted molar refractivity (Wildman–Crippen MR) is 114 cm³/mol. The van der Waals surface area contributed by atoms with E-state index in [0.717, 1.165) is 31.5 Å². The maximum absolute atomic E-state index is 12.6. The molecule has 0 spiro atoms. The monoisotopic (exact) mass is 436 g/mol. The maximum atomic E-state index is 12.6. The smallest absolute Gasteiger partial charge is 0.340 e. The Kier molecular flexibility index (Phi) is 7.16. The molecule has 0 atom stereocenters. The lowest BCUT2D eigenvalue weighted by molar-refractivity contribution is 0.153. The van der Waals surface area contributed by atoms with Crippen molar-refractivity contribution >= 4 is 27.9 Å². The van der Waals surface area contributed by atoms with Crippen LogP contribution in [0.15, 0.2) is 47.4 Å². The Balaban J connectivity index is 1.64. The zero-order chi connectivity index (χ0) is 20.9. The van der Waals surface area contributed by atoms with Crippen molar-refractivity contribution in [3.63, 3.8) is 0 Å². The number of likely N-dealkylation sites (tertiary alicyclic amines) is 1. The molecule has 1 N–H and O–H groups in total. The first kappa shape index (κ1) is 21.6. The molecule has 0 aliphatic carbocycles. The van der Waals surface area contributed by atoms with Crippen LogP contribution >= 0.6 is 11.6 Å². The van der Waals surface area contributed by atoms with E-state index in [1.54, 1.807) is 24.3 Å². The lowest BCUT2D eigenvalue weighted by Gasteiger charge is -2.30. The second kappa shape index (κ2) is 9.61. The zero-order valence-electron chi connectivity index (χ0n) is 16.3. The van der Waals surface area contributed by atoms with Gasteiger partial charge in [0, 0.05) is 18.8 Å². The Bertz CT molecular complexity index is 957. The summed E-state index contributed by atoms with van der Waals surface area (Å²) in [7, 11) is -4.04. The summed E-state index contributed by atoms with van der Waals surface area (Å²) in [6.45, 7) is 5.05. The Labute approximate surface area is 177 Å². The van der Waals surface area contributed by atoms with Crippen LogP contribution in [0.4, 0.5) is 0 Å². The predicted octanol–water partition coefficient (Wildman–Crippen LogP) is 4.16. The summed E-state index contributed by atoms with van der Waals surface area (Å²) >= 11 is 6.00. The van der Waals surface area contributed by atoms with E-state index in [4.69, 9.17) is 25.9 Å². The molecule has 0 saturated carbocycles. The molecule has 0 aromatic heterocycles. The summed E-state index contributed by atoms with van der Waals surface area (Å²) in [5.41, 5.74) is 0.840. The van der Waals surface area contributed by atoms with Gasteiger partial charge in [-0.2, -0.15) is 8.42 Å². The lowest BCUT2D eigenvalue weighted by atomic mass is 9.98. The van der Waals surface area contributed by atoms with Crippen LogP contribution in [0.25, 0.3) is 0 Å². The molecule has 0 radical (unpaired) electrons. The SMILES string of the molecule is Cc1cc(OCC2CCN(CC=N)CC2)cc(OS(=O)(=O)c2ccccc2Cl)c1. The number of nitrogens with zero attached hydrogens (tertiary/aromatic N) is 1. The number of rotatable bonds is 8. The second-order valence-electron chi connectivity index (χ2n) is 7.21. The number of aryl methyl sites for hydroxylation is 1. The van der Waals surface area contributed by atoms with Gasteiger partial charge in [0.1, 0.15) is 16.4 Å². The number of ether oxygens (including phenoxy) is 1. The molecule has 2 aromatic carbocycles. The highest BCUT2D eigenvalue weighted by Crippen LogP contribution is 2.29. The van der Waals surface area contributed by atoms with Crippen LogP contribution in [0.2, 0.25) is 5.02 Å². The minimum absolute atomic E-state index is 0.0673. The van der Waals surface area contributed by atoms with Gasteiger partial charge in [0.2, 0.25) is 0 Å². The third-order valence-electron chi connectivity index (χ3n) is 4.88. The molecule has 1 aliphatic heterocycles. The molecule has 6 nitrogen and oxygen atoms in total. The van der Waals surface area contributed by atoms with Gasteiger partial charge in [0.05, 0.1) is 11.6 Å². The van der Waals surface area contributed by atoms with Crippen molar-refractivity contribution in [2.45, 2.75) is 24.7 Å². The number of piperidine rings is 1. The zero-order valence-corrected chi connectivity index (χ0v) is 17.9. The molecule has 2 aromatic rings. The number of halogens is 1. The van der Waals surface area contributed by atoms with Gasteiger partial charge in [-0.1, -0.05) is 23.7 Å². The Morgan fingerprint density at radius 3 is 2.55 bits per heavy atom. The molecule has 3 rings (SSSR count). The summed E-state index contributed by atoms with van der Waals surface area (Å²) in [6.07, 6.45) is 3.47.